The van der Waals surface area contributed by atoms with Gasteiger partial charge in [-0.05, 0) is 29.9 Å². The molecule has 5 heteroatoms. The largest absolute Gasteiger partial charge is 0.397 e. The van der Waals surface area contributed by atoms with Gasteiger partial charge in [-0.1, -0.05) is 0 Å². The minimum Gasteiger partial charge on any atom is -0.397 e. The number of carbonyl (C=O) groups is 1. The molecule has 0 aromatic heterocycles. The highest BCUT2D eigenvalue weighted by Gasteiger charge is 2.30. The molecule has 1 atom stereocenters. The van der Waals surface area contributed by atoms with E-state index in [1.165, 1.54) is 12.1 Å². The maximum absolute atomic E-state index is 12.9. The number of thiol groups is 1. The minimum absolute atomic E-state index is 0.0253. The lowest BCUT2D eigenvalue weighted by molar-refractivity contribution is -0.117. The topological polar surface area (TPSA) is 46.3 Å². The van der Waals surface area contributed by atoms with Crippen molar-refractivity contribution < 1.29 is 9.18 Å². The van der Waals surface area contributed by atoms with Crippen LogP contribution in [0, 0.1) is 11.7 Å². The number of nitrogen functional groups attached to an aromatic ring is 1. The molecule has 1 aromatic rings. The van der Waals surface area contributed by atoms with Gasteiger partial charge in [-0.25, -0.2) is 4.39 Å². The number of halogens is 1. The summed E-state index contributed by atoms with van der Waals surface area (Å²) in [5.74, 6) is 0.555. The Morgan fingerprint density at radius 3 is 2.88 bits per heavy atom. The summed E-state index contributed by atoms with van der Waals surface area (Å²) in [5.41, 5.74) is 6.59. The molecular formula is C11H13FN2OS. The lowest BCUT2D eigenvalue weighted by Gasteiger charge is -2.18. The first-order valence-electron chi connectivity index (χ1n) is 5.08. The number of anilines is 2. The second-order valence-corrected chi connectivity index (χ2v) is 4.33. The van der Waals surface area contributed by atoms with E-state index in [2.05, 4.69) is 12.6 Å². The van der Waals surface area contributed by atoms with Crippen molar-refractivity contribution in [3.8, 4) is 0 Å². The summed E-state index contributed by atoms with van der Waals surface area (Å²) in [5, 5.41) is 0. The lowest BCUT2D eigenvalue weighted by Crippen LogP contribution is -2.25. The molecule has 1 unspecified atom stereocenters. The summed E-state index contributed by atoms with van der Waals surface area (Å²) in [6.45, 7) is 0.609. The van der Waals surface area contributed by atoms with Gasteiger partial charge in [0.1, 0.15) is 5.82 Å². The first-order chi connectivity index (χ1) is 7.61. The highest BCUT2D eigenvalue weighted by Crippen LogP contribution is 2.30. The maximum Gasteiger partial charge on any atom is 0.227 e. The molecule has 2 N–H and O–H groups in total. The maximum atomic E-state index is 12.9. The Labute approximate surface area is 98.8 Å². The fourth-order valence-electron chi connectivity index (χ4n) is 1.91. The lowest BCUT2D eigenvalue weighted by atomic mass is 10.1. The Kier molecular flexibility index (Phi) is 3.05. The standard InChI is InChI=1S/C11H13FN2OS/c12-8-1-2-10(9(13)4-8)14-5-7(6-16)3-11(14)15/h1-2,4,7,16H,3,5-6,13H2. The van der Waals surface area contributed by atoms with Crippen LogP contribution in [-0.2, 0) is 4.79 Å². The molecule has 1 heterocycles. The third-order valence-electron chi connectivity index (χ3n) is 2.74. The zero-order valence-electron chi connectivity index (χ0n) is 8.69. The summed E-state index contributed by atoms with van der Waals surface area (Å²) < 4.78 is 12.9. The van der Waals surface area contributed by atoms with Crippen molar-refractivity contribution in [2.24, 2.45) is 5.92 Å². The van der Waals surface area contributed by atoms with Crippen LogP contribution in [0.1, 0.15) is 6.42 Å². The predicted octanol–water partition coefficient (Wildman–Crippen LogP) is 1.69. The summed E-state index contributed by atoms with van der Waals surface area (Å²) in [4.78, 5) is 13.3. The molecule has 1 aliphatic rings. The third-order valence-corrected chi connectivity index (χ3v) is 3.26. The van der Waals surface area contributed by atoms with Crippen LogP contribution >= 0.6 is 12.6 Å². The average molecular weight is 240 g/mol. The molecule has 1 amide bonds. The highest BCUT2D eigenvalue weighted by atomic mass is 32.1. The summed E-state index contributed by atoms with van der Waals surface area (Å²) in [6.07, 6.45) is 0.486. The van der Waals surface area contributed by atoms with Crippen LogP contribution in [0.4, 0.5) is 15.8 Å². The van der Waals surface area contributed by atoms with E-state index in [4.69, 9.17) is 5.73 Å². The van der Waals surface area contributed by atoms with Gasteiger partial charge in [-0.3, -0.25) is 4.79 Å². The van der Waals surface area contributed by atoms with Crippen LogP contribution in [0.2, 0.25) is 0 Å². The fraction of sp³-hybridized carbons (Fsp3) is 0.364. The van der Waals surface area contributed by atoms with Crippen LogP contribution in [-0.4, -0.2) is 18.2 Å². The minimum atomic E-state index is -0.390. The molecular weight excluding hydrogens is 227 g/mol. The predicted molar refractivity (Wildman–Crippen MR) is 65.1 cm³/mol. The zero-order valence-corrected chi connectivity index (χ0v) is 9.58. The van der Waals surface area contributed by atoms with E-state index in [0.29, 0.717) is 30.1 Å². The van der Waals surface area contributed by atoms with E-state index in [-0.39, 0.29) is 11.8 Å². The van der Waals surface area contributed by atoms with Gasteiger partial charge in [0, 0.05) is 13.0 Å². The Bertz CT molecular complexity index is 424. The van der Waals surface area contributed by atoms with Crippen molar-refractivity contribution in [1.29, 1.82) is 0 Å². The molecule has 86 valence electrons. The molecule has 0 radical (unpaired) electrons. The zero-order chi connectivity index (χ0) is 11.7. The molecule has 1 aliphatic heterocycles. The molecule has 1 fully saturated rings. The quantitative estimate of drug-likeness (QED) is 0.610. The third kappa shape index (κ3) is 2.00. The normalized spacial score (nSPS) is 20.5. The van der Waals surface area contributed by atoms with Gasteiger partial charge in [-0.2, -0.15) is 12.6 Å². The fourth-order valence-corrected chi connectivity index (χ4v) is 2.15. The van der Waals surface area contributed by atoms with E-state index < -0.39 is 5.82 Å². The molecule has 0 aliphatic carbocycles. The van der Waals surface area contributed by atoms with Gasteiger partial charge in [0.2, 0.25) is 5.91 Å². The Morgan fingerprint density at radius 1 is 1.56 bits per heavy atom. The number of rotatable bonds is 2. The average Bonchev–Trinajstić information content (AvgIpc) is 2.60. The van der Waals surface area contributed by atoms with Crippen molar-refractivity contribution in [1.82, 2.24) is 0 Å². The Hall–Kier alpha value is -1.23. The number of carbonyl (C=O) groups excluding carboxylic acids is 1. The van der Waals surface area contributed by atoms with Gasteiger partial charge in [0.05, 0.1) is 11.4 Å². The Morgan fingerprint density at radius 2 is 2.31 bits per heavy atom. The SMILES string of the molecule is Nc1cc(F)ccc1N1CC(CS)CC1=O. The molecule has 2 rings (SSSR count). The molecule has 1 aromatic carbocycles. The molecule has 0 spiro atoms. The van der Waals surface area contributed by atoms with E-state index >= 15 is 0 Å². The van der Waals surface area contributed by atoms with Crippen molar-refractivity contribution >= 4 is 29.9 Å². The van der Waals surface area contributed by atoms with Gasteiger partial charge in [-0.15, -0.1) is 0 Å². The van der Waals surface area contributed by atoms with E-state index in [1.807, 2.05) is 0 Å². The number of hydrogen-bond donors (Lipinski definition) is 2. The van der Waals surface area contributed by atoms with Gasteiger partial charge >= 0.3 is 0 Å². The first kappa shape index (κ1) is 11.3. The number of amides is 1. The second-order valence-electron chi connectivity index (χ2n) is 3.96. The number of nitrogens with two attached hydrogens (primary N) is 1. The van der Waals surface area contributed by atoms with Gasteiger partial charge < -0.3 is 10.6 Å². The van der Waals surface area contributed by atoms with Crippen molar-refractivity contribution in [2.45, 2.75) is 6.42 Å². The first-order valence-corrected chi connectivity index (χ1v) is 5.71. The number of benzene rings is 1. The van der Waals surface area contributed by atoms with Crippen molar-refractivity contribution in [3.05, 3.63) is 24.0 Å². The molecule has 3 nitrogen and oxygen atoms in total. The monoisotopic (exact) mass is 240 g/mol. The smallest absolute Gasteiger partial charge is 0.227 e. The Balaban J connectivity index is 2.28. The molecule has 0 bridgehead atoms. The summed E-state index contributed by atoms with van der Waals surface area (Å²) >= 11 is 4.18. The molecule has 0 saturated carbocycles. The van der Waals surface area contributed by atoms with E-state index in [0.717, 1.165) is 0 Å². The van der Waals surface area contributed by atoms with Gasteiger partial charge in [0.25, 0.3) is 0 Å². The number of hydrogen-bond acceptors (Lipinski definition) is 3. The van der Waals surface area contributed by atoms with Crippen molar-refractivity contribution in [2.75, 3.05) is 22.9 Å². The molecule has 16 heavy (non-hydrogen) atoms. The van der Waals surface area contributed by atoms with E-state index in [9.17, 15) is 9.18 Å². The van der Waals surface area contributed by atoms with Gasteiger partial charge in [0.15, 0.2) is 0 Å². The summed E-state index contributed by atoms with van der Waals surface area (Å²) in [7, 11) is 0. The highest BCUT2D eigenvalue weighted by molar-refractivity contribution is 7.80. The van der Waals surface area contributed by atoms with Crippen LogP contribution in [0.25, 0.3) is 0 Å². The molecule has 1 saturated heterocycles. The number of nitrogens with zero attached hydrogens (tertiary/aromatic N) is 1. The van der Waals surface area contributed by atoms with Crippen LogP contribution in [0.3, 0.4) is 0 Å². The summed E-state index contributed by atoms with van der Waals surface area (Å²) in [6, 6.07) is 4.09. The van der Waals surface area contributed by atoms with E-state index in [1.54, 1.807) is 11.0 Å². The van der Waals surface area contributed by atoms with Crippen molar-refractivity contribution in [3.63, 3.8) is 0 Å². The van der Waals surface area contributed by atoms with Crippen LogP contribution in [0.15, 0.2) is 18.2 Å². The van der Waals surface area contributed by atoms with Crippen LogP contribution in [0.5, 0.6) is 0 Å². The second kappa shape index (κ2) is 4.33. The van der Waals surface area contributed by atoms with Crippen LogP contribution < -0.4 is 10.6 Å².